The fourth-order valence-electron chi connectivity index (χ4n) is 0.471. The number of nitrogens with zero attached hydrogens (tertiary/aromatic N) is 1. The highest BCUT2D eigenvalue weighted by Gasteiger charge is 1.86. The summed E-state index contributed by atoms with van der Waals surface area (Å²) in [7, 11) is 1.89. The molecule has 0 heterocycles. The third-order valence-electron chi connectivity index (χ3n) is 1.24. The van der Waals surface area contributed by atoms with Crippen molar-refractivity contribution < 1.29 is 0 Å². The van der Waals surface area contributed by atoms with E-state index in [4.69, 9.17) is 0 Å². The van der Waals surface area contributed by atoms with Crippen LogP contribution in [0.5, 0.6) is 0 Å². The Balaban J connectivity index is 4.10. The largest absolute Gasteiger partial charge is 0.390 e. The van der Waals surface area contributed by atoms with E-state index < -0.39 is 0 Å². The first-order valence-corrected chi connectivity index (χ1v) is 3.06. The maximum absolute atomic E-state index is 4.09. The third-order valence-corrected chi connectivity index (χ3v) is 1.24. The minimum atomic E-state index is 1.04. The van der Waals surface area contributed by atoms with Crippen LogP contribution in [0.25, 0.3) is 0 Å². The molecule has 9 heavy (non-hydrogen) atoms. The van der Waals surface area contributed by atoms with Gasteiger partial charge in [-0.15, -0.1) is 0 Å². The molecule has 0 aliphatic heterocycles. The average Bonchev–Trinajstić information content (AvgIpc) is 1.87. The molecule has 0 rings (SSSR count). The number of rotatable bonds is 2. The molecule has 0 amide bonds. The molecule has 0 atom stereocenters. The summed E-state index contributed by atoms with van der Waals surface area (Å²) in [5, 5.41) is 3.02. The summed E-state index contributed by atoms with van der Waals surface area (Å²) in [5.41, 5.74) is 2.16. The number of nitrogens with one attached hydrogen (secondary N) is 1. The van der Waals surface area contributed by atoms with E-state index in [1.54, 1.807) is 6.21 Å². The second-order valence-electron chi connectivity index (χ2n) is 1.85. The van der Waals surface area contributed by atoms with Gasteiger partial charge in [-0.25, -0.2) is 0 Å². The molecule has 0 saturated carbocycles. The minimum absolute atomic E-state index is 1.04. The topological polar surface area (TPSA) is 24.4 Å². The SMILES string of the molecule is C/C=N\C(C)=C(/C)NC. The molecule has 2 nitrogen and oxygen atoms in total. The zero-order valence-electron chi connectivity index (χ0n) is 6.52. The van der Waals surface area contributed by atoms with Gasteiger partial charge in [0.1, 0.15) is 0 Å². The van der Waals surface area contributed by atoms with Crippen LogP contribution in [0.2, 0.25) is 0 Å². The van der Waals surface area contributed by atoms with E-state index in [2.05, 4.69) is 10.3 Å². The standard InChI is InChI=1S/C7H14N2/c1-5-9-7(3)6(2)8-4/h5,8H,1-4H3/b7-6+,9-5-. The van der Waals surface area contributed by atoms with Crippen molar-refractivity contribution in [3.63, 3.8) is 0 Å². The summed E-state index contributed by atoms with van der Waals surface area (Å²) in [4.78, 5) is 4.09. The van der Waals surface area contributed by atoms with E-state index in [0.29, 0.717) is 0 Å². The molecule has 0 spiro atoms. The molecule has 0 unspecified atom stereocenters. The number of allylic oxidation sites excluding steroid dienone is 2. The predicted octanol–water partition coefficient (Wildman–Crippen LogP) is 1.55. The first kappa shape index (κ1) is 8.21. The molecule has 0 aliphatic rings. The van der Waals surface area contributed by atoms with Crippen molar-refractivity contribution in [1.29, 1.82) is 0 Å². The van der Waals surface area contributed by atoms with Crippen LogP contribution in [0.15, 0.2) is 16.4 Å². The van der Waals surface area contributed by atoms with E-state index in [1.807, 2.05) is 27.8 Å². The van der Waals surface area contributed by atoms with Gasteiger partial charge in [-0.1, -0.05) is 0 Å². The van der Waals surface area contributed by atoms with Crippen LogP contribution in [0, 0.1) is 0 Å². The highest BCUT2D eigenvalue weighted by atomic mass is 14.9. The molecular weight excluding hydrogens is 112 g/mol. The van der Waals surface area contributed by atoms with Gasteiger partial charge >= 0.3 is 0 Å². The van der Waals surface area contributed by atoms with Gasteiger partial charge in [-0.05, 0) is 20.8 Å². The van der Waals surface area contributed by atoms with E-state index >= 15 is 0 Å². The molecule has 52 valence electrons. The van der Waals surface area contributed by atoms with Crippen molar-refractivity contribution >= 4 is 6.21 Å². The Morgan fingerprint density at radius 1 is 1.44 bits per heavy atom. The van der Waals surface area contributed by atoms with E-state index in [-0.39, 0.29) is 0 Å². The maximum atomic E-state index is 4.09. The second kappa shape index (κ2) is 4.13. The first-order valence-electron chi connectivity index (χ1n) is 3.06. The number of hydrogen-bond donors (Lipinski definition) is 1. The molecule has 0 saturated heterocycles. The van der Waals surface area contributed by atoms with Gasteiger partial charge in [-0.3, -0.25) is 4.99 Å². The molecule has 1 N–H and O–H groups in total. The van der Waals surface area contributed by atoms with Gasteiger partial charge < -0.3 is 5.32 Å². The third kappa shape index (κ3) is 2.90. The Bertz CT molecular complexity index is 134. The minimum Gasteiger partial charge on any atom is -0.390 e. The lowest BCUT2D eigenvalue weighted by atomic mass is 10.4. The lowest BCUT2D eigenvalue weighted by Gasteiger charge is -1.99. The molecule has 0 radical (unpaired) electrons. The zero-order chi connectivity index (χ0) is 7.28. The molecule has 0 aromatic rings. The molecule has 0 bridgehead atoms. The molecule has 0 fully saturated rings. The first-order chi connectivity index (χ1) is 4.22. The van der Waals surface area contributed by atoms with E-state index in [1.165, 1.54) is 0 Å². The Hall–Kier alpha value is -0.790. The van der Waals surface area contributed by atoms with Crippen molar-refractivity contribution in [3.05, 3.63) is 11.4 Å². The molecule has 2 heteroatoms. The highest BCUT2D eigenvalue weighted by molar-refractivity contribution is 5.55. The molecule has 0 aliphatic carbocycles. The second-order valence-corrected chi connectivity index (χ2v) is 1.85. The van der Waals surface area contributed by atoms with Gasteiger partial charge in [0, 0.05) is 19.0 Å². The van der Waals surface area contributed by atoms with Gasteiger partial charge in [0.25, 0.3) is 0 Å². The number of aliphatic imine (C=N–C) groups is 1. The van der Waals surface area contributed by atoms with Crippen LogP contribution in [-0.4, -0.2) is 13.3 Å². The summed E-state index contributed by atoms with van der Waals surface area (Å²) in [6.45, 7) is 5.89. The monoisotopic (exact) mass is 126 g/mol. The quantitative estimate of drug-likeness (QED) is 0.558. The van der Waals surface area contributed by atoms with Crippen molar-refractivity contribution in [2.75, 3.05) is 7.05 Å². The van der Waals surface area contributed by atoms with Crippen LogP contribution in [0.3, 0.4) is 0 Å². The summed E-state index contributed by atoms with van der Waals surface area (Å²) < 4.78 is 0. The van der Waals surface area contributed by atoms with Gasteiger partial charge in [0.15, 0.2) is 0 Å². The average molecular weight is 126 g/mol. The maximum Gasteiger partial charge on any atom is 0.0554 e. The van der Waals surface area contributed by atoms with Crippen molar-refractivity contribution in [1.82, 2.24) is 5.32 Å². The van der Waals surface area contributed by atoms with Crippen molar-refractivity contribution in [2.24, 2.45) is 4.99 Å². The smallest absolute Gasteiger partial charge is 0.0554 e. The Labute approximate surface area is 56.7 Å². The summed E-state index contributed by atoms with van der Waals surface area (Å²) >= 11 is 0. The van der Waals surface area contributed by atoms with E-state index in [9.17, 15) is 0 Å². The van der Waals surface area contributed by atoms with Crippen LogP contribution in [0.4, 0.5) is 0 Å². The van der Waals surface area contributed by atoms with Gasteiger partial charge in [0.05, 0.1) is 5.70 Å². The Morgan fingerprint density at radius 2 is 2.00 bits per heavy atom. The van der Waals surface area contributed by atoms with Crippen LogP contribution in [-0.2, 0) is 0 Å². The predicted molar refractivity (Wildman–Crippen MR) is 41.6 cm³/mol. The van der Waals surface area contributed by atoms with E-state index in [0.717, 1.165) is 11.4 Å². The highest BCUT2D eigenvalue weighted by Crippen LogP contribution is 1.98. The fraction of sp³-hybridized carbons (Fsp3) is 0.571. The zero-order valence-corrected chi connectivity index (χ0v) is 6.52. The molecule has 0 aromatic carbocycles. The lowest BCUT2D eigenvalue weighted by Crippen LogP contribution is -2.03. The van der Waals surface area contributed by atoms with Crippen LogP contribution >= 0.6 is 0 Å². The summed E-state index contributed by atoms with van der Waals surface area (Å²) in [6, 6.07) is 0. The number of hydrogen-bond acceptors (Lipinski definition) is 2. The summed E-state index contributed by atoms with van der Waals surface area (Å²) in [6.07, 6.45) is 1.79. The van der Waals surface area contributed by atoms with Gasteiger partial charge in [0.2, 0.25) is 0 Å². The molecular formula is C7H14N2. The Kier molecular flexibility index (Phi) is 3.76. The fourth-order valence-corrected chi connectivity index (χ4v) is 0.471. The lowest BCUT2D eigenvalue weighted by molar-refractivity contribution is 0.950. The normalized spacial score (nSPS) is 13.8. The van der Waals surface area contributed by atoms with Crippen LogP contribution < -0.4 is 5.32 Å². The van der Waals surface area contributed by atoms with Crippen molar-refractivity contribution in [2.45, 2.75) is 20.8 Å². The summed E-state index contributed by atoms with van der Waals surface area (Å²) in [5.74, 6) is 0. The molecule has 0 aromatic heterocycles. The van der Waals surface area contributed by atoms with Crippen molar-refractivity contribution in [3.8, 4) is 0 Å². The van der Waals surface area contributed by atoms with Crippen LogP contribution in [0.1, 0.15) is 20.8 Å². The Morgan fingerprint density at radius 3 is 2.33 bits per heavy atom. The van der Waals surface area contributed by atoms with Gasteiger partial charge in [-0.2, -0.15) is 0 Å².